The van der Waals surface area contributed by atoms with Crippen molar-refractivity contribution in [3.63, 3.8) is 0 Å². The van der Waals surface area contributed by atoms with Crippen LogP contribution in [-0.2, 0) is 11.4 Å². The first kappa shape index (κ1) is 23.3. The summed E-state index contributed by atoms with van der Waals surface area (Å²) in [5.74, 6) is 1.05. The molecule has 1 unspecified atom stereocenters. The average Bonchev–Trinajstić information content (AvgIpc) is 2.68. The predicted octanol–water partition coefficient (Wildman–Crippen LogP) is 4.69. The lowest BCUT2D eigenvalue weighted by Crippen LogP contribution is -2.45. The maximum Gasteiger partial charge on any atom is 0.136 e. The van der Waals surface area contributed by atoms with Gasteiger partial charge in [-0.05, 0) is 51.7 Å². The van der Waals surface area contributed by atoms with E-state index in [1.54, 1.807) is 18.3 Å². The van der Waals surface area contributed by atoms with Crippen LogP contribution in [0.25, 0.3) is 0 Å². The van der Waals surface area contributed by atoms with Crippen molar-refractivity contribution >= 4 is 46.1 Å². The minimum atomic E-state index is -1.32. The smallest absolute Gasteiger partial charge is 0.136 e. The summed E-state index contributed by atoms with van der Waals surface area (Å²) in [4.78, 5) is 6.61. The monoisotopic (exact) mass is 470 g/mol. The number of phenolic OH excluding ortho intramolecular Hbond substituents is 1. The molecule has 30 heavy (non-hydrogen) atoms. The Hall–Kier alpha value is -1.38. The normalized spacial score (nSPS) is 17.7. The molecule has 1 aliphatic rings. The van der Waals surface area contributed by atoms with E-state index in [1.807, 2.05) is 26.8 Å². The second-order valence-electron chi connectivity index (χ2n) is 8.57. The molecule has 2 aromatic rings. The summed E-state index contributed by atoms with van der Waals surface area (Å²) < 4.78 is 15.7. The van der Waals surface area contributed by atoms with Crippen LogP contribution in [0.5, 0.6) is 5.75 Å². The maximum atomic E-state index is 12.9. The number of halogens is 2. The molecule has 4 N–H and O–H groups in total. The van der Waals surface area contributed by atoms with Gasteiger partial charge in [0.1, 0.15) is 16.3 Å². The van der Waals surface area contributed by atoms with E-state index in [0.29, 0.717) is 16.3 Å². The first-order valence-electron chi connectivity index (χ1n) is 9.88. The molecule has 0 bridgehead atoms. The highest BCUT2D eigenvalue weighted by molar-refractivity contribution is 7.90. The van der Waals surface area contributed by atoms with Crippen molar-refractivity contribution in [2.45, 2.75) is 44.4 Å². The Morgan fingerprint density at radius 2 is 1.87 bits per heavy atom. The molecule has 3 rings (SSSR count). The summed E-state index contributed by atoms with van der Waals surface area (Å²) in [6.45, 7) is 7.30. The molecule has 1 fully saturated rings. The van der Waals surface area contributed by atoms with Crippen molar-refractivity contribution in [3.05, 3.63) is 46.1 Å². The Kier molecular flexibility index (Phi) is 7.30. The summed E-state index contributed by atoms with van der Waals surface area (Å²) >= 11 is 11.0. The van der Waals surface area contributed by atoms with Gasteiger partial charge in [0.25, 0.3) is 0 Å². The summed E-state index contributed by atoms with van der Waals surface area (Å²) in [5, 5.41) is 11.2. The third kappa shape index (κ3) is 5.45. The van der Waals surface area contributed by atoms with Gasteiger partial charge >= 0.3 is 0 Å². The third-order valence-electron chi connectivity index (χ3n) is 5.30. The van der Waals surface area contributed by atoms with Crippen molar-refractivity contribution in [1.29, 1.82) is 0 Å². The van der Waals surface area contributed by atoms with Gasteiger partial charge in [-0.2, -0.15) is 0 Å². The van der Waals surface area contributed by atoms with Gasteiger partial charge < -0.3 is 20.3 Å². The Balaban J connectivity index is 1.83. The number of anilines is 2. The number of hydrogen-bond acceptors (Lipinski definition) is 6. The molecule has 9 heteroatoms. The van der Waals surface area contributed by atoms with Crippen LogP contribution in [0.15, 0.2) is 30.5 Å². The van der Waals surface area contributed by atoms with Gasteiger partial charge in [0.2, 0.25) is 0 Å². The Morgan fingerprint density at radius 1 is 1.23 bits per heavy atom. The highest BCUT2D eigenvalue weighted by atomic mass is 35.5. The van der Waals surface area contributed by atoms with Crippen molar-refractivity contribution in [2.75, 3.05) is 23.7 Å². The lowest BCUT2D eigenvalue weighted by molar-refractivity contribution is 0.317. The van der Waals surface area contributed by atoms with Crippen molar-refractivity contribution in [3.8, 4) is 5.75 Å². The second-order valence-corrected chi connectivity index (χ2v) is 11.4. The predicted molar refractivity (Wildman–Crippen MR) is 125 cm³/mol. The van der Waals surface area contributed by atoms with E-state index >= 15 is 0 Å². The number of piperidine rings is 1. The van der Waals surface area contributed by atoms with E-state index in [2.05, 4.69) is 14.6 Å². The van der Waals surface area contributed by atoms with Crippen LogP contribution < -0.4 is 15.4 Å². The van der Waals surface area contributed by atoms with Crippen molar-refractivity contribution in [1.82, 2.24) is 9.71 Å². The molecular weight excluding hydrogens is 443 g/mol. The number of hydrogen-bond donors (Lipinski definition) is 3. The Labute approximate surface area is 191 Å². The second kappa shape index (κ2) is 9.40. The molecule has 1 aromatic carbocycles. The van der Waals surface area contributed by atoms with E-state index in [0.717, 1.165) is 31.7 Å². The fourth-order valence-electron chi connectivity index (χ4n) is 3.58. The zero-order valence-electron chi connectivity index (χ0n) is 17.4. The molecule has 0 aliphatic carbocycles. The quantitative estimate of drug-likeness (QED) is 0.548. The molecule has 1 aliphatic heterocycles. The van der Waals surface area contributed by atoms with Gasteiger partial charge in [-0.15, -0.1) is 4.72 Å². The average molecular weight is 471 g/mol. The molecule has 0 amide bonds. The summed E-state index contributed by atoms with van der Waals surface area (Å²) in [6.07, 6.45) is 3.37. The summed E-state index contributed by atoms with van der Waals surface area (Å²) in [5.41, 5.74) is 7.19. The van der Waals surface area contributed by atoms with E-state index in [9.17, 15) is 9.66 Å². The van der Waals surface area contributed by atoms with Gasteiger partial charge in [0.05, 0.1) is 16.1 Å². The van der Waals surface area contributed by atoms with Gasteiger partial charge in [0.15, 0.2) is 0 Å². The van der Waals surface area contributed by atoms with E-state index in [1.165, 1.54) is 6.07 Å². The molecule has 6 nitrogen and oxygen atoms in total. The van der Waals surface area contributed by atoms with Crippen LogP contribution in [-0.4, -0.2) is 32.5 Å². The van der Waals surface area contributed by atoms with Gasteiger partial charge in [0, 0.05) is 54.0 Å². The number of rotatable bonds is 5. The number of phenols is 1. The highest BCUT2D eigenvalue weighted by Gasteiger charge is 2.36. The lowest BCUT2D eigenvalue weighted by Gasteiger charge is -2.38. The van der Waals surface area contributed by atoms with Gasteiger partial charge in [-0.25, -0.2) is 4.98 Å². The largest absolute Gasteiger partial charge is 0.598 e. The molecular formula is C21H28Cl2N4O2S. The standard InChI is InChI=1S/C21H28Cl2N4O2S/c1-21(2,3)30(29)26-20(15-11-16(22)17(23)12-18(15)28)13-5-8-27(9-6-13)19-10-14(24)4-7-25-19/h4,7,10-13,20,26,28H,5-6,8-9H2,1-3H3,(H2,24,25)/t20-,30?/m1/s1. The van der Waals surface area contributed by atoms with E-state index < -0.39 is 16.1 Å². The number of pyridine rings is 1. The summed E-state index contributed by atoms with van der Waals surface area (Å²) in [6, 6.07) is 6.43. The minimum Gasteiger partial charge on any atom is -0.598 e. The SMILES string of the molecule is CC(C)(C)[S+]([O-])N[C@@H](c1cc(Cl)c(Cl)cc1O)C1CCN(c2cc(N)ccn2)CC1. The Morgan fingerprint density at radius 3 is 2.47 bits per heavy atom. The molecule has 164 valence electrons. The van der Waals surface area contributed by atoms with Crippen LogP contribution in [0, 0.1) is 5.92 Å². The number of nitrogens with two attached hydrogens (primary N) is 1. The maximum absolute atomic E-state index is 12.9. The molecule has 1 saturated heterocycles. The molecule has 2 atom stereocenters. The van der Waals surface area contributed by atoms with Gasteiger partial charge in [-0.1, -0.05) is 23.2 Å². The fourth-order valence-corrected chi connectivity index (χ4v) is 4.81. The highest BCUT2D eigenvalue weighted by Crippen LogP contribution is 2.40. The number of nitrogen functional groups attached to an aromatic ring is 1. The first-order chi connectivity index (χ1) is 14.1. The molecule has 0 saturated carbocycles. The van der Waals surface area contributed by atoms with Crippen LogP contribution in [0.4, 0.5) is 11.5 Å². The van der Waals surface area contributed by atoms with Crippen molar-refractivity contribution in [2.24, 2.45) is 5.92 Å². The lowest BCUT2D eigenvalue weighted by atomic mass is 9.85. The van der Waals surface area contributed by atoms with Crippen LogP contribution >= 0.6 is 23.2 Å². The van der Waals surface area contributed by atoms with Crippen molar-refractivity contribution < 1.29 is 9.66 Å². The van der Waals surface area contributed by atoms with Gasteiger partial charge in [-0.3, -0.25) is 0 Å². The van der Waals surface area contributed by atoms with E-state index in [4.69, 9.17) is 28.9 Å². The molecule has 0 radical (unpaired) electrons. The zero-order chi connectivity index (χ0) is 22.1. The van der Waals surface area contributed by atoms with Crippen LogP contribution in [0.1, 0.15) is 45.2 Å². The zero-order valence-corrected chi connectivity index (χ0v) is 19.7. The third-order valence-corrected chi connectivity index (χ3v) is 7.60. The number of benzene rings is 1. The fraction of sp³-hybridized carbons (Fsp3) is 0.476. The summed E-state index contributed by atoms with van der Waals surface area (Å²) in [7, 11) is 0. The Bertz CT molecular complexity index is 886. The molecule has 2 heterocycles. The number of aromatic hydroxyl groups is 1. The topological polar surface area (TPSA) is 97.5 Å². The molecule has 1 aromatic heterocycles. The number of aromatic nitrogens is 1. The van der Waals surface area contributed by atoms with E-state index in [-0.39, 0.29) is 22.7 Å². The number of nitrogens with zero attached hydrogens (tertiary/aromatic N) is 2. The minimum absolute atomic E-state index is 0.0488. The number of nitrogens with one attached hydrogen (secondary N) is 1. The van der Waals surface area contributed by atoms with Crippen LogP contribution in [0.2, 0.25) is 10.0 Å². The molecule has 0 spiro atoms. The first-order valence-corrected chi connectivity index (χ1v) is 11.8. The van der Waals surface area contributed by atoms with Crippen LogP contribution in [0.3, 0.4) is 0 Å².